The summed E-state index contributed by atoms with van der Waals surface area (Å²) in [6, 6.07) is 15.3. The first-order valence-electron chi connectivity index (χ1n) is 9.53. The van der Waals surface area contributed by atoms with Gasteiger partial charge in [-0.3, -0.25) is 9.59 Å². The summed E-state index contributed by atoms with van der Waals surface area (Å²) < 4.78 is 13.7. The summed E-state index contributed by atoms with van der Waals surface area (Å²) >= 11 is 1.59. The van der Waals surface area contributed by atoms with Crippen molar-refractivity contribution in [1.82, 2.24) is 10.2 Å². The second-order valence-corrected chi connectivity index (χ2v) is 8.01. The van der Waals surface area contributed by atoms with Crippen molar-refractivity contribution in [3.63, 3.8) is 0 Å². The van der Waals surface area contributed by atoms with Crippen LogP contribution in [0.15, 0.2) is 53.4 Å². The lowest BCUT2D eigenvalue weighted by Crippen LogP contribution is -2.46. The van der Waals surface area contributed by atoms with E-state index in [2.05, 4.69) is 11.4 Å². The molecular formula is C22H22FN3O2S. The van der Waals surface area contributed by atoms with Crippen molar-refractivity contribution in [3.8, 4) is 6.07 Å². The molecule has 1 aliphatic heterocycles. The van der Waals surface area contributed by atoms with E-state index in [0.717, 1.165) is 4.90 Å². The maximum atomic E-state index is 13.7. The number of carbonyl (C=O) groups is 2. The summed E-state index contributed by atoms with van der Waals surface area (Å²) in [6.45, 7) is 1.17. The van der Waals surface area contributed by atoms with Crippen LogP contribution in [0.1, 0.15) is 35.2 Å². The second-order valence-electron chi connectivity index (χ2n) is 6.84. The number of benzene rings is 2. The van der Waals surface area contributed by atoms with Gasteiger partial charge in [-0.05, 0) is 49.2 Å². The molecular weight excluding hydrogens is 389 g/mol. The van der Waals surface area contributed by atoms with Gasteiger partial charge >= 0.3 is 0 Å². The molecule has 5 nitrogen and oxygen atoms in total. The molecule has 2 amide bonds. The van der Waals surface area contributed by atoms with E-state index in [1.54, 1.807) is 36.0 Å². The molecule has 0 bridgehead atoms. The number of hydrogen-bond acceptors (Lipinski definition) is 4. The number of nitrogens with zero attached hydrogens (tertiary/aromatic N) is 2. The predicted octanol–water partition coefficient (Wildman–Crippen LogP) is 3.60. The van der Waals surface area contributed by atoms with Crippen molar-refractivity contribution in [2.75, 3.05) is 18.8 Å². The number of halogens is 1. The topological polar surface area (TPSA) is 73.2 Å². The monoisotopic (exact) mass is 411 g/mol. The van der Waals surface area contributed by atoms with Crippen molar-refractivity contribution < 1.29 is 14.0 Å². The number of thioether (sulfide) groups is 1. The molecule has 0 saturated carbocycles. The minimum atomic E-state index is -0.530. The molecule has 7 heteroatoms. The third-order valence-electron chi connectivity index (χ3n) is 4.87. The van der Waals surface area contributed by atoms with Crippen LogP contribution in [0.2, 0.25) is 0 Å². The van der Waals surface area contributed by atoms with E-state index in [-0.39, 0.29) is 17.5 Å². The van der Waals surface area contributed by atoms with E-state index in [1.165, 1.54) is 12.1 Å². The Kier molecular flexibility index (Phi) is 7.25. The van der Waals surface area contributed by atoms with Gasteiger partial charge in [-0.15, -0.1) is 11.8 Å². The Morgan fingerprint density at radius 3 is 2.48 bits per heavy atom. The molecule has 0 atom stereocenters. The molecule has 1 fully saturated rings. The SMILES string of the molecule is N#Cc1ccc(SCCC(=O)N2CCC(NC(=O)c3ccccc3F)CC2)cc1. The number of rotatable bonds is 6. The number of hydrogen-bond donors (Lipinski definition) is 1. The lowest BCUT2D eigenvalue weighted by atomic mass is 10.0. The molecule has 2 aromatic carbocycles. The highest BCUT2D eigenvalue weighted by Gasteiger charge is 2.24. The lowest BCUT2D eigenvalue weighted by molar-refractivity contribution is -0.131. The summed E-state index contributed by atoms with van der Waals surface area (Å²) in [5.41, 5.74) is 0.668. The molecule has 29 heavy (non-hydrogen) atoms. The molecule has 3 rings (SSSR count). The van der Waals surface area contributed by atoms with Gasteiger partial charge < -0.3 is 10.2 Å². The molecule has 2 aromatic rings. The van der Waals surface area contributed by atoms with Crippen LogP contribution in [0.25, 0.3) is 0 Å². The van der Waals surface area contributed by atoms with Crippen LogP contribution in [-0.4, -0.2) is 41.6 Å². The van der Waals surface area contributed by atoms with Crippen LogP contribution in [0, 0.1) is 17.1 Å². The zero-order valence-electron chi connectivity index (χ0n) is 15.9. The summed E-state index contributed by atoms with van der Waals surface area (Å²) in [6.07, 6.45) is 1.76. The van der Waals surface area contributed by atoms with Gasteiger partial charge in [-0.1, -0.05) is 12.1 Å². The fraction of sp³-hybridized carbons (Fsp3) is 0.318. The summed E-state index contributed by atoms with van der Waals surface area (Å²) in [5, 5.41) is 11.7. The first kappa shape index (κ1) is 20.9. The number of amides is 2. The van der Waals surface area contributed by atoms with Crippen LogP contribution < -0.4 is 5.32 Å². The van der Waals surface area contributed by atoms with E-state index >= 15 is 0 Å². The zero-order valence-corrected chi connectivity index (χ0v) is 16.8. The first-order chi connectivity index (χ1) is 14.1. The summed E-state index contributed by atoms with van der Waals surface area (Å²) in [7, 11) is 0. The quantitative estimate of drug-likeness (QED) is 0.737. The van der Waals surface area contributed by atoms with Gasteiger partial charge in [0.25, 0.3) is 5.91 Å². The smallest absolute Gasteiger partial charge is 0.254 e. The Balaban J connectivity index is 1.39. The van der Waals surface area contributed by atoms with Crippen molar-refractivity contribution in [3.05, 3.63) is 65.5 Å². The number of nitrogens with one attached hydrogen (secondary N) is 1. The minimum absolute atomic E-state index is 0.0471. The molecule has 0 unspecified atom stereocenters. The highest BCUT2D eigenvalue weighted by atomic mass is 32.2. The Morgan fingerprint density at radius 1 is 1.14 bits per heavy atom. The number of likely N-dealkylation sites (tertiary alicyclic amines) is 1. The Bertz CT molecular complexity index is 903. The van der Waals surface area contributed by atoms with E-state index in [0.29, 0.717) is 43.7 Å². The van der Waals surface area contributed by atoms with E-state index in [1.807, 2.05) is 17.0 Å². The highest BCUT2D eigenvalue weighted by Crippen LogP contribution is 2.20. The Hall–Kier alpha value is -2.85. The summed E-state index contributed by atoms with van der Waals surface area (Å²) in [5.74, 6) is -0.164. The predicted molar refractivity (Wildman–Crippen MR) is 110 cm³/mol. The minimum Gasteiger partial charge on any atom is -0.349 e. The number of nitriles is 1. The molecule has 1 N–H and O–H groups in total. The largest absolute Gasteiger partial charge is 0.349 e. The van der Waals surface area contributed by atoms with Gasteiger partial charge in [0.15, 0.2) is 0 Å². The van der Waals surface area contributed by atoms with Gasteiger partial charge in [0.05, 0.1) is 17.2 Å². The third-order valence-corrected chi connectivity index (χ3v) is 5.88. The fourth-order valence-electron chi connectivity index (χ4n) is 3.22. The molecule has 0 spiro atoms. The number of carbonyl (C=O) groups excluding carboxylic acids is 2. The normalized spacial score (nSPS) is 14.3. The van der Waals surface area contributed by atoms with Crippen LogP contribution in [0.3, 0.4) is 0 Å². The fourth-order valence-corrected chi connectivity index (χ4v) is 4.06. The first-order valence-corrected chi connectivity index (χ1v) is 10.5. The lowest BCUT2D eigenvalue weighted by Gasteiger charge is -2.32. The van der Waals surface area contributed by atoms with Crippen LogP contribution >= 0.6 is 11.8 Å². The molecule has 0 radical (unpaired) electrons. The van der Waals surface area contributed by atoms with Gasteiger partial charge in [0.1, 0.15) is 5.82 Å². The van der Waals surface area contributed by atoms with Crippen molar-refractivity contribution in [1.29, 1.82) is 5.26 Å². The average Bonchev–Trinajstić information content (AvgIpc) is 2.75. The second kappa shape index (κ2) is 10.1. The van der Waals surface area contributed by atoms with E-state index < -0.39 is 11.7 Å². The van der Waals surface area contributed by atoms with Gasteiger partial charge in [-0.2, -0.15) is 5.26 Å². The maximum absolute atomic E-state index is 13.7. The number of piperidine rings is 1. The van der Waals surface area contributed by atoms with E-state index in [4.69, 9.17) is 5.26 Å². The molecule has 0 aromatic heterocycles. The van der Waals surface area contributed by atoms with Crippen molar-refractivity contribution in [2.24, 2.45) is 0 Å². The van der Waals surface area contributed by atoms with Gasteiger partial charge in [-0.25, -0.2) is 4.39 Å². The molecule has 150 valence electrons. The molecule has 0 aliphatic carbocycles. The van der Waals surface area contributed by atoms with Crippen molar-refractivity contribution >= 4 is 23.6 Å². The van der Waals surface area contributed by atoms with Crippen LogP contribution in [0.5, 0.6) is 0 Å². The summed E-state index contributed by atoms with van der Waals surface area (Å²) in [4.78, 5) is 27.5. The van der Waals surface area contributed by atoms with Gasteiger partial charge in [0.2, 0.25) is 5.91 Å². The van der Waals surface area contributed by atoms with Crippen LogP contribution in [-0.2, 0) is 4.79 Å². The van der Waals surface area contributed by atoms with Crippen LogP contribution in [0.4, 0.5) is 4.39 Å². The molecule has 1 heterocycles. The van der Waals surface area contributed by atoms with Crippen molar-refractivity contribution in [2.45, 2.75) is 30.2 Å². The van der Waals surface area contributed by atoms with Gasteiger partial charge in [0, 0.05) is 36.2 Å². The highest BCUT2D eigenvalue weighted by molar-refractivity contribution is 7.99. The average molecular weight is 412 g/mol. The zero-order chi connectivity index (χ0) is 20.6. The molecule has 1 saturated heterocycles. The third kappa shape index (κ3) is 5.81. The molecule has 1 aliphatic rings. The Labute approximate surface area is 173 Å². The standard InChI is InChI=1S/C22H22FN3O2S/c23-20-4-2-1-3-19(20)22(28)25-17-9-12-26(13-10-17)21(27)11-14-29-18-7-5-16(15-24)6-8-18/h1-8,17H,9-14H2,(H,25,28). The van der Waals surface area contributed by atoms with E-state index in [9.17, 15) is 14.0 Å². The Morgan fingerprint density at radius 2 is 1.83 bits per heavy atom. The maximum Gasteiger partial charge on any atom is 0.254 e.